The van der Waals surface area contributed by atoms with Crippen molar-refractivity contribution < 1.29 is 14.4 Å². The molecular weight excluding hydrogens is 340 g/mol. The first-order valence-electron chi connectivity index (χ1n) is 8.25. The van der Waals surface area contributed by atoms with Crippen molar-refractivity contribution in [1.82, 2.24) is 5.06 Å². The molecule has 132 valence electrons. The van der Waals surface area contributed by atoms with Crippen LogP contribution in [0.15, 0.2) is 36.4 Å². The van der Waals surface area contributed by atoms with Gasteiger partial charge in [0.15, 0.2) is 0 Å². The Balaban J connectivity index is 1.77. The van der Waals surface area contributed by atoms with Gasteiger partial charge in [-0.2, -0.15) is 0 Å². The lowest BCUT2D eigenvalue weighted by Gasteiger charge is -2.20. The molecule has 0 radical (unpaired) electrons. The van der Waals surface area contributed by atoms with Crippen molar-refractivity contribution >= 4 is 23.3 Å². The van der Waals surface area contributed by atoms with Crippen molar-refractivity contribution in [3.05, 3.63) is 52.5 Å². The zero-order valence-electron chi connectivity index (χ0n) is 14.3. The number of urea groups is 1. The van der Waals surface area contributed by atoms with Crippen LogP contribution < -0.4 is 10.1 Å². The zero-order valence-corrected chi connectivity index (χ0v) is 15.1. The summed E-state index contributed by atoms with van der Waals surface area (Å²) in [6.07, 6.45) is 4.53. The van der Waals surface area contributed by atoms with Crippen molar-refractivity contribution in [3.8, 4) is 11.5 Å². The highest BCUT2D eigenvalue weighted by Crippen LogP contribution is 2.36. The van der Waals surface area contributed by atoms with E-state index in [1.165, 1.54) is 38.1 Å². The summed E-state index contributed by atoms with van der Waals surface area (Å²) in [5.41, 5.74) is 3.19. The van der Waals surface area contributed by atoms with Crippen molar-refractivity contribution in [1.29, 1.82) is 0 Å². The first-order chi connectivity index (χ1) is 12.1. The van der Waals surface area contributed by atoms with Crippen LogP contribution in [-0.2, 0) is 17.7 Å². The van der Waals surface area contributed by atoms with Crippen LogP contribution in [0.3, 0.4) is 0 Å². The van der Waals surface area contributed by atoms with Gasteiger partial charge in [-0.1, -0.05) is 23.7 Å². The highest BCUT2D eigenvalue weighted by atomic mass is 35.5. The van der Waals surface area contributed by atoms with Crippen LogP contribution in [0.1, 0.15) is 24.0 Å². The molecule has 0 bridgehead atoms. The molecule has 0 spiro atoms. The summed E-state index contributed by atoms with van der Waals surface area (Å²) in [6, 6.07) is 10.9. The van der Waals surface area contributed by atoms with E-state index in [-0.39, 0.29) is 6.03 Å². The van der Waals surface area contributed by atoms with E-state index in [4.69, 9.17) is 21.2 Å². The molecule has 0 saturated heterocycles. The maximum atomic E-state index is 11.8. The van der Waals surface area contributed by atoms with Gasteiger partial charge >= 0.3 is 6.03 Å². The third-order valence-corrected chi connectivity index (χ3v) is 4.61. The second-order valence-corrected chi connectivity index (χ2v) is 6.37. The minimum atomic E-state index is -0.385. The number of carbonyl (C=O) groups is 1. The van der Waals surface area contributed by atoms with Gasteiger partial charge in [-0.3, -0.25) is 4.84 Å². The third-order valence-electron chi connectivity index (χ3n) is 4.32. The Morgan fingerprint density at radius 3 is 2.72 bits per heavy atom. The molecule has 0 aliphatic heterocycles. The van der Waals surface area contributed by atoms with E-state index >= 15 is 0 Å². The number of halogens is 1. The van der Waals surface area contributed by atoms with Gasteiger partial charge in [0.1, 0.15) is 11.5 Å². The largest absolute Gasteiger partial charge is 0.456 e. The normalized spacial score (nSPS) is 13.1. The standard InChI is InChI=1S/C19H21ClN2O3/c1-22(24-2)19(23)21-14-10-11-18(16(20)12-14)25-17-9-5-7-13-6-3-4-8-15(13)17/h5,7,9-12H,3-4,6,8H2,1-2H3,(H,21,23). The number of nitrogens with zero attached hydrogens (tertiary/aromatic N) is 1. The van der Waals surface area contributed by atoms with Gasteiger partial charge in [0.05, 0.1) is 12.1 Å². The molecule has 0 heterocycles. The van der Waals surface area contributed by atoms with E-state index in [2.05, 4.69) is 11.4 Å². The molecule has 0 saturated carbocycles. The summed E-state index contributed by atoms with van der Waals surface area (Å²) in [4.78, 5) is 16.6. The van der Waals surface area contributed by atoms with Crippen molar-refractivity contribution in [2.24, 2.45) is 0 Å². The number of amides is 2. The average molecular weight is 361 g/mol. The molecule has 0 atom stereocenters. The maximum Gasteiger partial charge on any atom is 0.345 e. The van der Waals surface area contributed by atoms with Crippen LogP contribution in [0.5, 0.6) is 11.5 Å². The fraction of sp³-hybridized carbons (Fsp3) is 0.316. The minimum Gasteiger partial charge on any atom is -0.456 e. The van der Waals surface area contributed by atoms with Crippen molar-refractivity contribution in [2.45, 2.75) is 25.7 Å². The highest BCUT2D eigenvalue weighted by Gasteiger charge is 2.16. The number of rotatable bonds is 4. The predicted molar refractivity (Wildman–Crippen MR) is 98.4 cm³/mol. The molecule has 1 N–H and O–H groups in total. The Bertz CT molecular complexity index is 779. The molecule has 2 aromatic carbocycles. The number of hydroxylamine groups is 2. The maximum absolute atomic E-state index is 11.8. The summed E-state index contributed by atoms with van der Waals surface area (Å²) in [5.74, 6) is 1.42. The molecule has 1 aliphatic carbocycles. The third kappa shape index (κ3) is 4.06. The highest BCUT2D eigenvalue weighted by molar-refractivity contribution is 6.32. The Hall–Kier alpha value is -2.24. The first-order valence-corrected chi connectivity index (χ1v) is 8.63. The Morgan fingerprint density at radius 2 is 1.96 bits per heavy atom. The van der Waals surface area contributed by atoms with E-state index in [0.29, 0.717) is 16.5 Å². The molecule has 2 amide bonds. The van der Waals surface area contributed by atoms with E-state index in [1.807, 2.05) is 12.1 Å². The minimum absolute atomic E-state index is 0.385. The van der Waals surface area contributed by atoms with Gasteiger partial charge in [0.25, 0.3) is 0 Å². The molecule has 25 heavy (non-hydrogen) atoms. The monoisotopic (exact) mass is 360 g/mol. The number of benzene rings is 2. The van der Waals surface area contributed by atoms with Crippen molar-refractivity contribution in [3.63, 3.8) is 0 Å². The van der Waals surface area contributed by atoms with E-state index in [0.717, 1.165) is 23.7 Å². The number of fused-ring (bicyclic) bond motifs is 1. The Morgan fingerprint density at radius 1 is 1.16 bits per heavy atom. The number of anilines is 1. The second kappa shape index (κ2) is 7.76. The molecule has 5 nitrogen and oxygen atoms in total. The van der Waals surface area contributed by atoms with E-state index in [1.54, 1.807) is 18.2 Å². The SMILES string of the molecule is CON(C)C(=O)Nc1ccc(Oc2cccc3c2CCCC3)c(Cl)c1. The van der Waals surface area contributed by atoms with Crippen LogP contribution in [0.25, 0.3) is 0 Å². The van der Waals surface area contributed by atoms with Gasteiger partial charge < -0.3 is 10.1 Å². The number of carbonyl (C=O) groups excluding carboxylic acids is 1. The fourth-order valence-corrected chi connectivity index (χ4v) is 3.13. The van der Waals surface area contributed by atoms with Gasteiger partial charge in [0.2, 0.25) is 0 Å². The van der Waals surface area contributed by atoms with Crippen LogP contribution in [-0.4, -0.2) is 25.3 Å². The summed E-state index contributed by atoms with van der Waals surface area (Å²) in [7, 11) is 2.94. The first kappa shape index (κ1) is 17.6. The lowest BCUT2D eigenvalue weighted by Crippen LogP contribution is -2.30. The summed E-state index contributed by atoms with van der Waals surface area (Å²) < 4.78 is 6.06. The van der Waals surface area contributed by atoms with Crippen molar-refractivity contribution in [2.75, 3.05) is 19.5 Å². The predicted octanol–water partition coefficient (Wildman–Crippen LogP) is 5.04. The topological polar surface area (TPSA) is 50.8 Å². The number of nitrogens with one attached hydrogen (secondary N) is 1. The van der Waals surface area contributed by atoms with Crippen LogP contribution in [0, 0.1) is 0 Å². The number of hydrogen-bond donors (Lipinski definition) is 1. The Kier molecular flexibility index (Phi) is 5.46. The molecular formula is C19H21ClN2O3. The zero-order chi connectivity index (χ0) is 17.8. The summed E-state index contributed by atoms with van der Waals surface area (Å²) >= 11 is 6.34. The molecule has 0 fully saturated rings. The molecule has 0 aromatic heterocycles. The number of aryl methyl sites for hydroxylation is 1. The van der Waals surface area contributed by atoms with Crippen LogP contribution >= 0.6 is 11.6 Å². The molecule has 6 heteroatoms. The van der Waals surface area contributed by atoms with E-state index in [9.17, 15) is 4.79 Å². The van der Waals surface area contributed by atoms with Gasteiger partial charge in [-0.05, 0) is 61.1 Å². The lowest BCUT2D eigenvalue weighted by molar-refractivity contribution is -0.0598. The van der Waals surface area contributed by atoms with Gasteiger partial charge in [0, 0.05) is 12.7 Å². The lowest BCUT2D eigenvalue weighted by atomic mass is 9.91. The van der Waals surface area contributed by atoms with Gasteiger partial charge in [-0.15, -0.1) is 0 Å². The summed E-state index contributed by atoms with van der Waals surface area (Å²) in [6.45, 7) is 0. The van der Waals surface area contributed by atoms with Crippen LogP contribution in [0.4, 0.5) is 10.5 Å². The molecule has 1 aliphatic rings. The van der Waals surface area contributed by atoms with E-state index < -0.39 is 0 Å². The second-order valence-electron chi connectivity index (χ2n) is 5.96. The Labute approximate surface area is 152 Å². The number of ether oxygens (including phenoxy) is 1. The molecule has 2 aromatic rings. The average Bonchev–Trinajstić information content (AvgIpc) is 2.63. The smallest absolute Gasteiger partial charge is 0.345 e. The van der Waals surface area contributed by atoms with Gasteiger partial charge in [-0.25, -0.2) is 9.86 Å². The fourth-order valence-electron chi connectivity index (χ4n) is 2.91. The number of hydrogen-bond acceptors (Lipinski definition) is 3. The van der Waals surface area contributed by atoms with Crippen LogP contribution in [0.2, 0.25) is 5.02 Å². The molecule has 3 rings (SSSR count). The molecule has 0 unspecified atom stereocenters. The quantitative estimate of drug-likeness (QED) is 0.777. The summed E-state index contributed by atoms with van der Waals surface area (Å²) in [5, 5.41) is 4.22.